The van der Waals surface area contributed by atoms with E-state index >= 15 is 0 Å². The number of carboxylic acid groups (broad SMARTS) is 1. The lowest BCUT2D eigenvalue weighted by molar-refractivity contribution is -0.156. The molecule has 1 aromatic heterocycles. The summed E-state index contributed by atoms with van der Waals surface area (Å²) in [7, 11) is 1.27. The standard InChI is InChI=1S/C11H15N3O6/c1-11(20,9(17)18)6-12-7(15)5-14-4-3-8(16)13(2)10(14)19/h3-4,20H,5-6H2,1-2H3,(H,12,15)(H,17,18). The van der Waals surface area contributed by atoms with Gasteiger partial charge < -0.3 is 15.5 Å². The van der Waals surface area contributed by atoms with Crippen LogP contribution in [0.5, 0.6) is 0 Å². The Morgan fingerprint density at radius 3 is 2.55 bits per heavy atom. The molecular formula is C11H15N3O6. The maximum Gasteiger partial charge on any atom is 0.337 e. The number of carbonyl (C=O) groups is 2. The monoisotopic (exact) mass is 285 g/mol. The summed E-state index contributed by atoms with van der Waals surface area (Å²) in [5.74, 6) is -2.13. The third kappa shape index (κ3) is 3.54. The fourth-order valence-corrected chi connectivity index (χ4v) is 1.29. The molecule has 1 aromatic rings. The predicted molar refractivity (Wildman–Crippen MR) is 67.2 cm³/mol. The molecule has 1 heterocycles. The number of aliphatic carboxylic acids is 1. The third-order valence-electron chi connectivity index (χ3n) is 2.66. The average molecular weight is 285 g/mol. The number of hydrogen-bond donors (Lipinski definition) is 3. The molecule has 3 N–H and O–H groups in total. The normalized spacial score (nSPS) is 13.6. The van der Waals surface area contributed by atoms with Gasteiger partial charge in [0.2, 0.25) is 5.91 Å². The molecule has 20 heavy (non-hydrogen) atoms. The zero-order valence-electron chi connectivity index (χ0n) is 11.0. The van der Waals surface area contributed by atoms with Crippen molar-refractivity contribution in [3.05, 3.63) is 33.1 Å². The van der Waals surface area contributed by atoms with Gasteiger partial charge in [0.25, 0.3) is 5.56 Å². The van der Waals surface area contributed by atoms with E-state index in [0.29, 0.717) is 0 Å². The Morgan fingerprint density at radius 2 is 2.00 bits per heavy atom. The summed E-state index contributed by atoms with van der Waals surface area (Å²) in [5, 5.41) is 20.3. The van der Waals surface area contributed by atoms with Gasteiger partial charge in [0.1, 0.15) is 6.54 Å². The molecule has 0 aromatic carbocycles. The van der Waals surface area contributed by atoms with Gasteiger partial charge in [-0.25, -0.2) is 9.59 Å². The molecule has 9 nitrogen and oxygen atoms in total. The lowest BCUT2D eigenvalue weighted by atomic mass is 10.1. The third-order valence-corrected chi connectivity index (χ3v) is 2.66. The molecule has 0 saturated carbocycles. The second-order valence-corrected chi connectivity index (χ2v) is 4.48. The number of carbonyl (C=O) groups excluding carboxylic acids is 1. The van der Waals surface area contributed by atoms with Gasteiger partial charge in [-0.1, -0.05) is 0 Å². The Hall–Kier alpha value is -2.42. The highest BCUT2D eigenvalue weighted by Crippen LogP contribution is 2.00. The van der Waals surface area contributed by atoms with Gasteiger partial charge in [0.15, 0.2) is 5.60 Å². The van der Waals surface area contributed by atoms with Crippen LogP contribution in [0.4, 0.5) is 0 Å². The van der Waals surface area contributed by atoms with Crippen LogP contribution < -0.4 is 16.6 Å². The van der Waals surface area contributed by atoms with Gasteiger partial charge in [-0.2, -0.15) is 0 Å². The first-order chi connectivity index (χ1) is 9.15. The molecule has 0 aliphatic carbocycles. The van der Waals surface area contributed by atoms with Crippen molar-refractivity contribution < 1.29 is 19.8 Å². The van der Waals surface area contributed by atoms with Crippen molar-refractivity contribution in [1.82, 2.24) is 14.5 Å². The van der Waals surface area contributed by atoms with Gasteiger partial charge in [0.05, 0.1) is 6.54 Å². The topological polar surface area (TPSA) is 131 Å². The summed E-state index contributed by atoms with van der Waals surface area (Å²) in [4.78, 5) is 45.0. The first kappa shape index (κ1) is 15.6. The second kappa shape index (κ2) is 5.70. The molecule has 0 saturated heterocycles. The fourth-order valence-electron chi connectivity index (χ4n) is 1.29. The zero-order chi connectivity index (χ0) is 15.5. The molecule has 9 heteroatoms. The van der Waals surface area contributed by atoms with E-state index in [1.54, 1.807) is 0 Å². The van der Waals surface area contributed by atoms with Gasteiger partial charge in [0, 0.05) is 19.3 Å². The Bertz CT molecular complexity index is 642. The SMILES string of the molecule is Cn1c(=O)ccn(CC(=O)NCC(C)(O)C(=O)O)c1=O. The van der Waals surface area contributed by atoms with E-state index in [-0.39, 0.29) is 6.54 Å². The van der Waals surface area contributed by atoms with Crippen LogP contribution in [0.1, 0.15) is 6.92 Å². The number of carboxylic acids is 1. The maximum absolute atomic E-state index is 11.6. The average Bonchev–Trinajstić information content (AvgIpc) is 2.37. The van der Waals surface area contributed by atoms with Gasteiger partial charge >= 0.3 is 11.7 Å². The molecular weight excluding hydrogens is 270 g/mol. The van der Waals surface area contributed by atoms with Crippen LogP contribution in [-0.4, -0.2) is 43.4 Å². The minimum atomic E-state index is -2.09. The molecule has 0 fully saturated rings. The van der Waals surface area contributed by atoms with E-state index in [2.05, 4.69) is 5.32 Å². The van der Waals surface area contributed by atoms with Crippen molar-refractivity contribution in [3.63, 3.8) is 0 Å². The summed E-state index contributed by atoms with van der Waals surface area (Å²) in [5.41, 5.74) is -3.26. The Balaban J connectivity index is 2.74. The van der Waals surface area contributed by atoms with Crippen molar-refractivity contribution in [1.29, 1.82) is 0 Å². The van der Waals surface area contributed by atoms with Crippen LogP contribution in [0.3, 0.4) is 0 Å². The van der Waals surface area contributed by atoms with Crippen LogP contribution in [0.2, 0.25) is 0 Å². The van der Waals surface area contributed by atoms with Crippen molar-refractivity contribution in [2.24, 2.45) is 7.05 Å². The Labute approximate surface area is 113 Å². The molecule has 0 aliphatic rings. The quantitative estimate of drug-likeness (QED) is 0.548. The number of aromatic nitrogens is 2. The van der Waals surface area contributed by atoms with Gasteiger partial charge in [-0.05, 0) is 6.92 Å². The summed E-state index contributed by atoms with van der Waals surface area (Å²) in [6, 6.07) is 1.13. The Morgan fingerprint density at radius 1 is 1.40 bits per heavy atom. The largest absolute Gasteiger partial charge is 0.479 e. The summed E-state index contributed by atoms with van der Waals surface area (Å²) >= 11 is 0. The van der Waals surface area contributed by atoms with Crippen LogP contribution in [0.25, 0.3) is 0 Å². The molecule has 0 spiro atoms. The van der Waals surface area contributed by atoms with E-state index in [1.807, 2.05) is 0 Å². The molecule has 110 valence electrons. The fraction of sp³-hybridized carbons (Fsp3) is 0.455. The van der Waals surface area contributed by atoms with Crippen molar-refractivity contribution in [2.45, 2.75) is 19.1 Å². The zero-order valence-corrected chi connectivity index (χ0v) is 11.0. The summed E-state index contributed by atoms with van der Waals surface area (Å²) in [6.45, 7) is 0.151. The summed E-state index contributed by atoms with van der Waals surface area (Å²) < 4.78 is 1.83. The lowest BCUT2D eigenvalue weighted by Gasteiger charge is -2.18. The number of rotatable bonds is 5. The molecule has 0 aliphatic heterocycles. The summed E-state index contributed by atoms with van der Waals surface area (Å²) in [6.07, 6.45) is 1.17. The maximum atomic E-state index is 11.6. The van der Waals surface area contributed by atoms with E-state index in [4.69, 9.17) is 5.11 Å². The highest BCUT2D eigenvalue weighted by molar-refractivity contribution is 5.80. The predicted octanol–water partition coefficient (Wildman–Crippen LogP) is -2.50. The van der Waals surface area contributed by atoms with E-state index in [0.717, 1.165) is 22.1 Å². The van der Waals surface area contributed by atoms with Crippen LogP contribution >= 0.6 is 0 Å². The Kier molecular flexibility index (Phi) is 4.45. The van der Waals surface area contributed by atoms with Crippen LogP contribution in [-0.2, 0) is 23.2 Å². The van der Waals surface area contributed by atoms with Crippen LogP contribution in [0.15, 0.2) is 21.9 Å². The lowest BCUT2D eigenvalue weighted by Crippen LogP contribution is -2.48. The van der Waals surface area contributed by atoms with Crippen molar-refractivity contribution >= 4 is 11.9 Å². The minimum absolute atomic E-state index is 0.386. The molecule has 1 rings (SSSR count). The smallest absolute Gasteiger partial charge is 0.337 e. The van der Waals surface area contributed by atoms with Crippen molar-refractivity contribution in [2.75, 3.05) is 6.54 Å². The van der Waals surface area contributed by atoms with Gasteiger partial charge in [-0.3, -0.25) is 18.7 Å². The minimum Gasteiger partial charge on any atom is -0.479 e. The van der Waals surface area contributed by atoms with E-state index in [9.17, 15) is 24.3 Å². The van der Waals surface area contributed by atoms with Crippen LogP contribution in [0, 0.1) is 0 Å². The van der Waals surface area contributed by atoms with E-state index < -0.39 is 35.3 Å². The number of aliphatic hydroxyl groups is 1. The molecule has 1 amide bonds. The molecule has 1 unspecified atom stereocenters. The highest BCUT2D eigenvalue weighted by Gasteiger charge is 2.30. The first-order valence-corrected chi connectivity index (χ1v) is 5.64. The number of nitrogens with zero attached hydrogens (tertiary/aromatic N) is 2. The number of amides is 1. The second-order valence-electron chi connectivity index (χ2n) is 4.48. The number of nitrogens with one attached hydrogen (secondary N) is 1. The first-order valence-electron chi connectivity index (χ1n) is 5.64. The van der Waals surface area contributed by atoms with Crippen molar-refractivity contribution in [3.8, 4) is 0 Å². The number of hydrogen-bond acceptors (Lipinski definition) is 5. The molecule has 1 atom stereocenters. The highest BCUT2D eigenvalue weighted by atomic mass is 16.4. The molecule has 0 radical (unpaired) electrons. The molecule has 0 bridgehead atoms. The van der Waals surface area contributed by atoms with Gasteiger partial charge in [-0.15, -0.1) is 0 Å². The van der Waals surface area contributed by atoms with E-state index in [1.165, 1.54) is 13.2 Å².